The average molecular weight is 145 g/mol. The predicted molar refractivity (Wildman–Crippen MR) is 36.4 cm³/mol. The Balaban J connectivity index is 3.60. The van der Waals surface area contributed by atoms with Crippen LogP contribution in [-0.4, -0.2) is 24.2 Å². The van der Waals surface area contributed by atoms with E-state index < -0.39 is 5.91 Å². The Kier molecular flexibility index (Phi) is 4.32. The first-order valence-electron chi connectivity index (χ1n) is 2.93. The molecule has 1 amide bonds. The predicted octanol–water partition coefficient (Wildman–Crippen LogP) is -0.0499. The van der Waals surface area contributed by atoms with Gasteiger partial charge in [-0.15, -0.1) is 0 Å². The first-order valence-corrected chi connectivity index (χ1v) is 2.93. The van der Waals surface area contributed by atoms with Gasteiger partial charge in [0.05, 0.1) is 0 Å². The van der Waals surface area contributed by atoms with Crippen LogP contribution in [0.15, 0.2) is 11.8 Å². The summed E-state index contributed by atoms with van der Waals surface area (Å²) in [7, 11) is 0. The zero-order chi connectivity index (χ0) is 7.98. The van der Waals surface area contributed by atoms with E-state index in [0.29, 0.717) is 6.61 Å². The van der Waals surface area contributed by atoms with Crippen LogP contribution in [-0.2, 0) is 9.53 Å². The summed E-state index contributed by atoms with van der Waals surface area (Å²) in [5, 5.41) is 8.79. The molecule has 10 heavy (non-hydrogen) atoms. The van der Waals surface area contributed by atoms with E-state index >= 15 is 0 Å². The van der Waals surface area contributed by atoms with Crippen LogP contribution >= 0.6 is 0 Å². The maximum absolute atomic E-state index is 10.1. The Morgan fingerprint density at radius 3 is 2.80 bits per heavy atom. The van der Waals surface area contributed by atoms with E-state index in [1.807, 2.05) is 0 Å². The van der Waals surface area contributed by atoms with Gasteiger partial charge in [-0.2, -0.15) is 0 Å². The molecule has 0 saturated carbocycles. The van der Waals surface area contributed by atoms with Gasteiger partial charge in [0.25, 0.3) is 0 Å². The second-order valence-corrected chi connectivity index (χ2v) is 1.68. The summed E-state index contributed by atoms with van der Waals surface area (Å²) in [4.78, 5) is 10.1. The van der Waals surface area contributed by atoms with Crippen molar-refractivity contribution in [3.63, 3.8) is 0 Å². The van der Waals surface area contributed by atoms with Gasteiger partial charge in [0, 0.05) is 12.7 Å². The first-order chi connectivity index (χ1) is 4.66. The lowest BCUT2D eigenvalue weighted by atomic mass is 10.4. The van der Waals surface area contributed by atoms with Crippen molar-refractivity contribution in [3.8, 4) is 0 Å². The molecule has 0 aliphatic carbocycles. The normalized spacial score (nSPS) is 11.5. The van der Waals surface area contributed by atoms with Crippen LogP contribution in [0.5, 0.6) is 0 Å². The van der Waals surface area contributed by atoms with E-state index in [1.54, 1.807) is 6.92 Å². The van der Waals surface area contributed by atoms with E-state index in [1.165, 1.54) is 0 Å². The highest BCUT2D eigenvalue weighted by atomic mass is 16.5. The van der Waals surface area contributed by atoms with Crippen LogP contribution < -0.4 is 5.73 Å². The molecule has 0 unspecified atom stereocenters. The summed E-state index contributed by atoms with van der Waals surface area (Å²) in [6.07, 6.45) is 0.926. The van der Waals surface area contributed by atoms with Crippen LogP contribution in [0.3, 0.4) is 0 Å². The van der Waals surface area contributed by atoms with Gasteiger partial charge in [0.1, 0.15) is 12.4 Å². The number of amides is 1. The van der Waals surface area contributed by atoms with Crippen molar-refractivity contribution >= 4 is 5.91 Å². The minimum atomic E-state index is -0.669. The molecule has 4 heteroatoms. The Bertz CT molecular complexity index is 142. The summed E-state index contributed by atoms with van der Waals surface area (Å²) in [6.45, 7) is 2.33. The van der Waals surface area contributed by atoms with Crippen molar-refractivity contribution in [2.24, 2.45) is 5.73 Å². The van der Waals surface area contributed by atoms with Gasteiger partial charge in [0.15, 0.2) is 0 Å². The molecule has 3 N–H and O–H groups in total. The number of hydrogen-bond donors (Lipinski definition) is 2. The summed E-state index contributed by atoms with van der Waals surface area (Å²) in [5.74, 6) is -0.813. The van der Waals surface area contributed by atoms with Crippen molar-refractivity contribution in [3.05, 3.63) is 11.8 Å². The first kappa shape index (κ1) is 8.97. The molecule has 4 nitrogen and oxygen atoms in total. The van der Waals surface area contributed by atoms with Crippen LogP contribution in [0.25, 0.3) is 0 Å². The molecule has 0 bridgehead atoms. The molecule has 0 aromatic rings. The zero-order valence-corrected chi connectivity index (χ0v) is 5.83. The van der Waals surface area contributed by atoms with Gasteiger partial charge in [-0.05, 0) is 6.92 Å². The minimum absolute atomic E-state index is 0.0411. The van der Waals surface area contributed by atoms with E-state index in [9.17, 15) is 4.79 Å². The lowest BCUT2D eigenvalue weighted by molar-refractivity contribution is -0.113. The van der Waals surface area contributed by atoms with Crippen LogP contribution in [0.2, 0.25) is 0 Å². The number of aliphatic hydroxyl groups is 1. The van der Waals surface area contributed by atoms with Crippen LogP contribution in [0.4, 0.5) is 0 Å². The maximum Gasteiger partial charge on any atom is 0.244 e. The second-order valence-electron chi connectivity index (χ2n) is 1.68. The van der Waals surface area contributed by atoms with Gasteiger partial charge in [-0.1, -0.05) is 0 Å². The van der Waals surface area contributed by atoms with Gasteiger partial charge in [-0.3, -0.25) is 4.79 Å². The highest BCUT2D eigenvalue weighted by Gasteiger charge is 1.93. The molecule has 58 valence electrons. The van der Waals surface area contributed by atoms with Gasteiger partial charge < -0.3 is 15.6 Å². The Morgan fingerprint density at radius 2 is 2.40 bits per heavy atom. The van der Waals surface area contributed by atoms with Crippen LogP contribution in [0, 0.1) is 0 Å². The standard InChI is InChI=1S/C6H11NO3/c1-2-10-4-5(8)3-6(7)9/h3,8H,2,4H2,1H3,(H2,7,9)/b5-3-. The largest absolute Gasteiger partial charge is 0.510 e. The Morgan fingerprint density at radius 1 is 1.80 bits per heavy atom. The summed E-state index contributed by atoms with van der Waals surface area (Å²) in [6, 6.07) is 0. The van der Waals surface area contributed by atoms with Crippen molar-refractivity contribution < 1.29 is 14.6 Å². The fourth-order valence-corrected chi connectivity index (χ4v) is 0.413. The third-order valence-corrected chi connectivity index (χ3v) is 0.763. The molecule has 0 aliphatic heterocycles. The topological polar surface area (TPSA) is 72.6 Å². The smallest absolute Gasteiger partial charge is 0.244 e. The SMILES string of the molecule is CCOC/C(O)=C/C(N)=O. The minimum Gasteiger partial charge on any atom is -0.510 e. The molecule has 0 radical (unpaired) electrons. The average Bonchev–Trinajstić information content (AvgIpc) is 1.82. The van der Waals surface area contributed by atoms with E-state index in [4.69, 9.17) is 15.6 Å². The molecule has 0 aliphatic rings. The summed E-state index contributed by atoms with van der Waals surface area (Å²) < 4.78 is 4.77. The lowest BCUT2D eigenvalue weighted by Gasteiger charge is -1.97. The Hall–Kier alpha value is -1.03. The maximum atomic E-state index is 10.1. The molecule has 0 rings (SSSR count). The van der Waals surface area contributed by atoms with Crippen molar-refractivity contribution in [2.75, 3.05) is 13.2 Å². The molecular weight excluding hydrogens is 134 g/mol. The highest BCUT2D eigenvalue weighted by Crippen LogP contribution is 1.87. The van der Waals surface area contributed by atoms with Crippen molar-refractivity contribution in [1.82, 2.24) is 0 Å². The summed E-state index contributed by atoms with van der Waals surface area (Å²) >= 11 is 0. The number of ether oxygens (including phenoxy) is 1. The van der Waals surface area contributed by atoms with Gasteiger partial charge in [-0.25, -0.2) is 0 Å². The van der Waals surface area contributed by atoms with Gasteiger partial charge >= 0.3 is 0 Å². The number of primary amides is 1. The van der Waals surface area contributed by atoms with E-state index in [2.05, 4.69) is 0 Å². The van der Waals surface area contributed by atoms with Gasteiger partial charge in [0.2, 0.25) is 5.91 Å². The molecule has 0 saturated heterocycles. The molecule has 0 aromatic carbocycles. The number of rotatable bonds is 4. The quantitative estimate of drug-likeness (QED) is 0.430. The van der Waals surface area contributed by atoms with E-state index in [0.717, 1.165) is 6.08 Å². The van der Waals surface area contributed by atoms with E-state index in [-0.39, 0.29) is 12.4 Å². The fraction of sp³-hybridized carbons (Fsp3) is 0.500. The second kappa shape index (κ2) is 4.81. The number of carbonyl (C=O) groups is 1. The monoisotopic (exact) mass is 145 g/mol. The highest BCUT2D eigenvalue weighted by molar-refractivity contribution is 5.86. The number of aliphatic hydroxyl groups excluding tert-OH is 1. The fourth-order valence-electron chi connectivity index (χ4n) is 0.413. The Labute approximate surface area is 59.3 Å². The number of hydrogen-bond acceptors (Lipinski definition) is 3. The number of nitrogens with two attached hydrogens (primary N) is 1. The third kappa shape index (κ3) is 5.11. The van der Waals surface area contributed by atoms with Crippen molar-refractivity contribution in [1.29, 1.82) is 0 Å². The molecule has 0 fully saturated rings. The molecule has 0 heterocycles. The zero-order valence-electron chi connectivity index (χ0n) is 5.83. The molecule has 0 aromatic heterocycles. The van der Waals surface area contributed by atoms with Crippen molar-refractivity contribution in [2.45, 2.75) is 6.92 Å². The molecular formula is C6H11NO3. The number of carbonyl (C=O) groups excluding carboxylic acids is 1. The lowest BCUT2D eigenvalue weighted by Crippen LogP contribution is -2.09. The molecule has 0 atom stereocenters. The van der Waals surface area contributed by atoms with Crippen LogP contribution in [0.1, 0.15) is 6.92 Å². The molecule has 0 spiro atoms. The summed E-state index contributed by atoms with van der Waals surface area (Å²) in [5.41, 5.74) is 4.73. The third-order valence-electron chi connectivity index (χ3n) is 0.763.